The molecule has 0 atom stereocenters. The summed E-state index contributed by atoms with van der Waals surface area (Å²) in [4.78, 5) is 16.5. The van der Waals surface area contributed by atoms with Crippen molar-refractivity contribution in [3.63, 3.8) is 0 Å². The molecule has 3 nitrogen and oxygen atoms in total. The standard InChI is InChI=1S/C9H6BrClN2OS/c10-6-1-2-15-7(6)4-13-5-12-8(11)3-9(13)14/h1-3,5H,4H2. The van der Waals surface area contributed by atoms with E-state index in [1.165, 1.54) is 17.0 Å². The number of hydrogen-bond donors (Lipinski definition) is 0. The van der Waals surface area contributed by atoms with Gasteiger partial charge in [-0.15, -0.1) is 11.3 Å². The van der Waals surface area contributed by atoms with E-state index in [4.69, 9.17) is 11.6 Å². The van der Waals surface area contributed by atoms with E-state index < -0.39 is 0 Å². The van der Waals surface area contributed by atoms with Crippen LogP contribution in [0.3, 0.4) is 0 Å². The second-order valence-electron chi connectivity index (χ2n) is 2.87. The number of thiophene rings is 1. The first kappa shape index (κ1) is 10.9. The molecule has 2 rings (SSSR count). The lowest BCUT2D eigenvalue weighted by Crippen LogP contribution is -2.19. The van der Waals surface area contributed by atoms with E-state index in [2.05, 4.69) is 20.9 Å². The third kappa shape index (κ3) is 2.48. The highest BCUT2D eigenvalue weighted by Crippen LogP contribution is 2.22. The molecule has 0 saturated carbocycles. The van der Waals surface area contributed by atoms with Gasteiger partial charge in [-0.3, -0.25) is 9.36 Å². The van der Waals surface area contributed by atoms with Crippen LogP contribution < -0.4 is 5.56 Å². The topological polar surface area (TPSA) is 34.9 Å². The molecule has 0 bridgehead atoms. The summed E-state index contributed by atoms with van der Waals surface area (Å²) in [7, 11) is 0. The molecule has 6 heteroatoms. The molecule has 0 amide bonds. The molecular formula is C9H6BrClN2OS. The third-order valence-electron chi connectivity index (χ3n) is 1.85. The second kappa shape index (κ2) is 4.47. The maximum Gasteiger partial charge on any atom is 0.255 e. The van der Waals surface area contributed by atoms with E-state index in [1.807, 2.05) is 11.4 Å². The monoisotopic (exact) mass is 304 g/mol. The van der Waals surface area contributed by atoms with Gasteiger partial charge in [0.15, 0.2) is 0 Å². The van der Waals surface area contributed by atoms with Crippen molar-refractivity contribution >= 4 is 38.9 Å². The fraction of sp³-hybridized carbons (Fsp3) is 0.111. The van der Waals surface area contributed by atoms with Gasteiger partial charge < -0.3 is 0 Å². The van der Waals surface area contributed by atoms with Crippen molar-refractivity contribution < 1.29 is 0 Å². The van der Waals surface area contributed by atoms with Crippen molar-refractivity contribution in [1.82, 2.24) is 9.55 Å². The van der Waals surface area contributed by atoms with Crippen molar-refractivity contribution in [1.29, 1.82) is 0 Å². The highest BCUT2D eigenvalue weighted by molar-refractivity contribution is 9.10. The van der Waals surface area contributed by atoms with E-state index in [0.29, 0.717) is 6.54 Å². The van der Waals surface area contributed by atoms with Gasteiger partial charge in [0.05, 0.1) is 12.9 Å². The first-order valence-corrected chi connectivity index (χ1v) is 6.16. The average Bonchev–Trinajstić information content (AvgIpc) is 2.57. The number of aromatic nitrogens is 2. The van der Waals surface area contributed by atoms with E-state index in [9.17, 15) is 4.79 Å². The van der Waals surface area contributed by atoms with Gasteiger partial charge in [-0.25, -0.2) is 4.98 Å². The summed E-state index contributed by atoms with van der Waals surface area (Å²) in [5.74, 6) is 0. The van der Waals surface area contributed by atoms with E-state index in [1.54, 1.807) is 11.3 Å². The Kier molecular flexibility index (Phi) is 3.23. The Bertz CT molecular complexity index is 537. The average molecular weight is 306 g/mol. The minimum Gasteiger partial charge on any atom is -0.294 e. The molecule has 0 aromatic carbocycles. The molecule has 2 aromatic rings. The molecule has 0 unspecified atom stereocenters. The van der Waals surface area contributed by atoms with Crippen molar-refractivity contribution in [2.45, 2.75) is 6.54 Å². The van der Waals surface area contributed by atoms with Gasteiger partial charge in [0.2, 0.25) is 0 Å². The van der Waals surface area contributed by atoms with Gasteiger partial charge in [-0.1, -0.05) is 11.6 Å². The van der Waals surface area contributed by atoms with E-state index in [-0.39, 0.29) is 10.7 Å². The molecule has 78 valence electrons. The quantitative estimate of drug-likeness (QED) is 0.800. The van der Waals surface area contributed by atoms with E-state index >= 15 is 0 Å². The van der Waals surface area contributed by atoms with Crippen LogP contribution in [0.4, 0.5) is 0 Å². The lowest BCUT2D eigenvalue weighted by atomic mass is 10.4. The van der Waals surface area contributed by atoms with Crippen LogP contribution in [0, 0.1) is 0 Å². The summed E-state index contributed by atoms with van der Waals surface area (Å²) in [5.41, 5.74) is -0.143. The highest BCUT2D eigenvalue weighted by atomic mass is 79.9. The number of halogens is 2. The zero-order valence-electron chi connectivity index (χ0n) is 7.48. The van der Waals surface area contributed by atoms with Gasteiger partial charge >= 0.3 is 0 Å². The van der Waals surface area contributed by atoms with Gasteiger partial charge in [0.1, 0.15) is 5.15 Å². The van der Waals surface area contributed by atoms with Gasteiger partial charge in [0.25, 0.3) is 5.56 Å². The summed E-state index contributed by atoms with van der Waals surface area (Å²) in [6.45, 7) is 0.515. The summed E-state index contributed by atoms with van der Waals surface area (Å²) >= 11 is 10.6. The Morgan fingerprint density at radius 1 is 1.60 bits per heavy atom. The molecule has 0 fully saturated rings. The maximum absolute atomic E-state index is 11.5. The predicted octanol–water partition coefficient (Wildman–Crippen LogP) is 2.77. The fourth-order valence-electron chi connectivity index (χ4n) is 1.12. The molecule has 0 radical (unpaired) electrons. The molecule has 0 aliphatic rings. The molecule has 2 heterocycles. The van der Waals surface area contributed by atoms with Gasteiger partial charge in [-0.2, -0.15) is 0 Å². The molecule has 0 spiro atoms. The Balaban J connectivity index is 2.33. The molecule has 0 aliphatic carbocycles. The highest BCUT2D eigenvalue weighted by Gasteiger charge is 2.04. The number of hydrogen-bond acceptors (Lipinski definition) is 3. The van der Waals surface area contributed by atoms with Crippen molar-refractivity contribution in [2.24, 2.45) is 0 Å². The Labute approximate surface area is 103 Å². The molecular weight excluding hydrogens is 300 g/mol. The lowest BCUT2D eigenvalue weighted by molar-refractivity contribution is 0.743. The number of rotatable bonds is 2. The zero-order valence-corrected chi connectivity index (χ0v) is 10.6. The summed E-state index contributed by atoms with van der Waals surface area (Å²) in [6.07, 6.45) is 1.46. The van der Waals surface area contributed by atoms with Crippen LogP contribution in [-0.2, 0) is 6.54 Å². The summed E-state index contributed by atoms with van der Waals surface area (Å²) in [6, 6.07) is 3.26. The third-order valence-corrected chi connectivity index (χ3v) is 3.97. The fourth-order valence-corrected chi connectivity index (χ4v) is 2.73. The molecule has 15 heavy (non-hydrogen) atoms. The first-order chi connectivity index (χ1) is 7.16. The van der Waals surface area contributed by atoms with Crippen LogP contribution in [0.25, 0.3) is 0 Å². The van der Waals surface area contributed by atoms with Crippen molar-refractivity contribution in [3.8, 4) is 0 Å². The molecule has 2 aromatic heterocycles. The van der Waals surface area contributed by atoms with E-state index in [0.717, 1.165) is 9.35 Å². The van der Waals surface area contributed by atoms with Gasteiger partial charge in [-0.05, 0) is 27.4 Å². The van der Waals surface area contributed by atoms with Crippen LogP contribution in [-0.4, -0.2) is 9.55 Å². The van der Waals surface area contributed by atoms with Crippen LogP contribution >= 0.6 is 38.9 Å². The maximum atomic E-state index is 11.5. The molecule has 0 N–H and O–H groups in total. The van der Waals surface area contributed by atoms with Crippen LogP contribution in [0.5, 0.6) is 0 Å². The smallest absolute Gasteiger partial charge is 0.255 e. The Morgan fingerprint density at radius 2 is 2.40 bits per heavy atom. The first-order valence-electron chi connectivity index (χ1n) is 4.10. The number of nitrogens with zero attached hydrogens (tertiary/aromatic N) is 2. The van der Waals surface area contributed by atoms with Crippen LogP contribution in [0.2, 0.25) is 5.15 Å². The molecule has 0 saturated heterocycles. The summed E-state index contributed by atoms with van der Waals surface area (Å²) in [5, 5.41) is 2.19. The van der Waals surface area contributed by atoms with Crippen LogP contribution in [0.15, 0.2) is 33.1 Å². The summed E-state index contributed by atoms with van der Waals surface area (Å²) < 4.78 is 2.53. The molecule has 0 aliphatic heterocycles. The lowest BCUT2D eigenvalue weighted by Gasteiger charge is -2.02. The minimum absolute atomic E-state index is 0.143. The zero-order chi connectivity index (χ0) is 10.8. The Hall–Kier alpha value is -0.650. The largest absolute Gasteiger partial charge is 0.294 e. The van der Waals surface area contributed by atoms with Crippen molar-refractivity contribution in [2.75, 3.05) is 0 Å². The normalized spacial score (nSPS) is 10.5. The second-order valence-corrected chi connectivity index (χ2v) is 5.11. The minimum atomic E-state index is -0.143. The Morgan fingerprint density at radius 3 is 3.00 bits per heavy atom. The van der Waals surface area contributed by atoms with Gasteiger partial charge in [0, 0.05) is 15.4 Å². The SMILES string of the molecule is O=c1cc(Cl)ncn1Cc1sccc1Br. The predicted molar refractivity (Wildman–Crippen MR) is 64.6 cm³/mol. The van der Waals surface area contributed by atoms with Crippen LogP contribution in [0.1, 0.15) is 4.88 Å². The van der Waals surface area contributed by atoms with Crippen molar-refractivity contribution in [3.05, 3.63) is 48.7 Å².